The van der Waals surface area contributed by atoms with Crippen LogP contribution in [0, 0.1) is 11.1 Å². The molecule has 0 bridgehead atoms. The Bertz CT molecular complexity index is 785. The van der Waals surface area contributed by atoms with Crippen molar-refractivity contribution < 1.29 is 19.1 Å². The van der Waals surface area contributed by atoms with Crippen LogP contribution in [-0.2, 0) is 9.53 Å². The second-order valence-electron chi connectivity index (χ2n) is 7.10. The maximum atomic E-state index is 12.3. The summed E-state index contributed by atoms with van der Waals surface area (Å²) >= 11 is 0. The molecule has 1 aromatic heterocycles. The monoisotopic (exact) mass is 370 g/mol. The lowest BCUT2D eigenvalue weighted by Gasteiger charge is -2.23. The van der Waals surface area contributed by atoms with Crippen LogP contribution in [0.15, 0.2) is 48.7 Å². The van der Waals surface area contributed by atoms with Crippen molar-refractivity contribution in [3.05, 3.63) is 70.7 Å². The van der Waals surface area contributed by atoms with Crippen molar-refractivity contribution in [2.24, 2.45) is 5.92 Å². The molecule has 144 valence electrons. The Morgan fingerprint density at radius 1 is 1.04 bits per heavy atom. The Kier molecular flexibility index (Phi) is 6.93. The van der Waals surface area contributed by atoms with Crippen LogP contribution in [0.3, 0.4) is 0 Å². The highest BCUT2D eigenvalue weighted by Gasteiger charge is 2.21. The van der Waals surface area contributed by atoms with Gasteiger partial charge < -0.3 is 15.3 Å². The lowest BCUT2D eigenvalue weighted by atomic mass is 9.93. The molecular weight excluding hydrogens is 344 g/mol. The minimum Gasteiger partial charge on any atom is -0.618 e. The molecule has 1 N–H and O–H groups in total. The van der Waals surface area contributed by atoms with Gasteiger partial charge in [0.15, 0.2) is 12.8 Å². The van der Waals surface area contributed by atoms with Crippen molar-refractivity contribution >= 4 is 11.9 Å². The number of benzene rings is 1. The van der Waals surface area contributed by atoms with Gasteiger partial charge in [-0.15, -0.1) is 0 Å². The first-order chi connectivity index (χ1) is 12.8. The number of amides is 1. The fourth-order valence-corrected chi connectivity index (χ4v) is 2.73. The molecule has 2 rings (SSSR count). The molecule has 0 aliphatic heterocycles. The third-order valence-electron chi connectivity index (χ3n) is 4.31. The van der Waals surface area contributed by atoms with Crippen LogP contribution in [0.5, 0.6) is 0 Å². The Balaban J connectivity index is 1.98. The summed E-state index contributed by atoms with van der Waals surface area (Å²) in [6, 6.07) is 12.4. The van der Waals surface area contributed by atoms with Gasteiger partial charge in [0.25, 0.3) is 5.91 Å². The number of esters is 1. The molecule has 0 saturated heterocycles. The molecule has 0 saturated carbocycles. The maximum Gasteiger partial charge on any atom is 0.405 e. The van der Waals surface area contributed by atoms with Crippen molar-refractivity contribution in [2.75, 3.05) is 6.61 Å². The van der Waals surface area contributed by atoms with Crippen molar-refractivity contribution in [1.82, 2.24) is 5.32 Å². The fourth-order valence-electron chi connectivity index (χ4n) is 2.73. The molecular formula is C21H26N2O4. The molecule has 0 fully saturated rings. The number of nitrogens with one attached hydrogen (secondary N) is 1. The second kappa shape index (κ2) is 9.16. The van der Waals surface area contributed by atoms with Gasteiger partial charge in [0.05, 0.1) is 6.04 Å². The highest BCUT2D eigenvalue weighted by Crippen LogP contribution is 2.24. The topological polar surface area (TPSA) is 82.3 Å². The largest absolute Gasteiger partial charge is 0.618 e. The predicted molar refractivity (Wildman–Crippen MR) is 102 cm³/mol. The van der Waals surface area contributed by atoms with Crippen molar-refractivity contribution in [2.45, 2.75) is 39.7 Å². The van der Waals surface area contributed by atoms with Gasteiger partial charge in [-0.1, -0.05) is 52.0 Å². The van der Waals surface area contributed by atoms with Gasteiger partial charge >= 0.3 is 11.7 Å². The quantitative estimate of drug-likeness (QED) is 0.461. The summed E-state index contributed by atoms with van der Waals surface area (Å²) in [6.45, 7) is 7.84. The molecule has 1 aromatic carbocycles. The molecule has 6 heteroatoms. The van der Waals surface area contributed by atoms with Gasteiger partial charge in [-0.05, 0) is 29.0 Å². The van der Waals surface area contributed by atoms with E-state index in [1.165, 1.54) is 23.9 Å². The Morgan fingerprint density at radius 3 is 2.22 bits per heavy atom. The summed E-state index contributed by atoms with van der Waals surface area (Å²) in [7, 11) is 0. The lowest BCUT2D eigenvalue weighted by Crippen LogP contribution is -2.37. The third kappa shape index (κ3) is 5.54. The molecule has 0 spiro atoms. The molecule has 1 amide bonds. The van der Waals surface area contributed by atoms with Gasteiger partial charge in [0, 0.05) is 12.1 Å². The molecule has 2 aromatic rings. The van der Waals surface area contributed by atoms with E-state index in [4.69, 9.17) is 4.74 Å². The number of hydrogen-bond donors (Lipinski definition) is 1. The molecule has 1 heterocycles. The SMILES string of the molecule is CC(C)c1ccc([C@@H](NC(=O)COC(=O)c2cccc[n+]2[O-])C(C)C)cc1. The lowest BCUT2D eigenvalue weighted by molar-refractivity contribution is -0.608. The average molecular weight is 370 g/mol. The van der Waals surface area contributed by atoms with Crippen LogP contribution in [-0.4, -0.2) is 18.5 Å². The summed E-state index contributed by atoms with van der Waals surface area (Å²) in [5.41, 5.74) is 2.07. The average Bonchev–Trinajstić information content (AvgIpc) is 2.64. The van der Waals surface area contributed by atoms with Gasteiger partial charge in [-0.2, -0.15) is 4.73 Å². The normalized spacial score (nSPS) is 12.1. The molecule has 27 heavy (non-hydrogen) atoms. The minimum absolute atomic E-state index is 0.157. The first kappa shape index (κ1) is 20.4. The third-order valence-corrected chi connectivity index (χ3v) is 4.31. The molecule has 6 nitrogen and oxygen atoms in total. The van der Waals surface area contributed by atoms with Crippen LogP contribution < -0.4 is 10.0 Å². The van der Waals surface area contributed by atoms with Crippen molar-refractivity contribution in [3.63, 3.8) is 0 Å². The number of aromatic nitrogens is 1. The molecule has 1 atom stereocenters. The van der Waals surface area contributed by atoms with Gasteiger partial charge in [0.1, 0.15) is 0 Å². The Morgan fingerprint density at radius 2 is 1.67 bits per heavy atom. The highest BCUT2D eigenvalue weighted by molar-refractivity contribution is 5.88. The van der Waals surface area contributed by atoms with E-state index in [1.54, 1.807) is 6.07 Å². The van der Waals surface area contributed by atoms with E-state index in [0.29, 0.717) is 10.6 Å². The van der Waals surface area contributed by atoms with E-state index in [-0.39, 0.29) is 17.7 Å². The van der Waals surface area contributed by atoms with Crippen LogP contribution in [0.4, 0.5) is 0 Å². The van der Waals surface area contributed by atoms with E-state index in [1.807, 2.05) is 26.0 Å². The van der Waals surface area contributed by atoms with Crippen molar-refractivity contribution in [1.29, 1.82) is 0 Å². The molecule has 0 aliphatic rings. The van der Waals surface area contributed by atoms with Crippen LogP contribution in [0.25, 0.3) is 0 Å². The zero-order valence-electron chi connectivity index (χ0n) is 16.1. The fraction of sp³-hybridized carbons (Fsp3) is 0.381. The van der Waals surface area contributed by atoms with E-state index in [2.05, 4.69) is 31.3 Å². The zero-order chi connectivity index (χ0) is 20.0. The number of pyridine rings is 1. The Labute approximate surface area is 159 Å². The summed E-state index contributed by atoms with van der Waals surface area (Å²) in [4.78, 5) is 24.2. The summed E-state index contributed by atoms with van der Waals surface area (Å²) in [6.07, 6.45) is 1.20. The number of nitrogens with zero attached hydrogens (tertiary/aromatic N) is 1. The number of ether oxygens (including phenoxy) is 1. The standard InChI is InChI=1S/C21H26N2O4/c1-14(2)16-8-10-17(11-9-16)20(15(3)4)22-19(24)13-27-21(25)18-7-5-6-12-23(18)26/h5-12,14-15,20H,13H2,1-4H3,(H,22,24)/t20-/m0/s1. The number of rotatable bonds is 7. The van der Waals surface area contributed by atoms with E-state index >= 15 is 0 Å². The van der Waals surface area contributed by atoms with E-state index in [9.17, 15) is 14.8 Å². The van der Waals surface area contributed by atoms with Crippen LogP contribution in [0.2, 0.25) is 0 Å². The van der Waals surface area contributed by atoms with Gasteiger partial charge in [0.2, 0.25) is 0 Å². The van der Waals surface area contributed by atoms with Gasteiger partial charge in [-0.25, -0.2) is 4.79 Å². The minimum atomic E-state index is -0.830. The maximum absolute atomic E-state index is 12.3. The highest BCUT2D eigenvalue weighted by atomic mass is 16.5. The first-order valence-corrected chi connectivity index (χ1v) is 9.04. The molecule has 0 unspecified atom stereocenters. The van der Waals surface area contributed by atoms with Gasteiger partial charge in [-0.3, -0.25) is 4.79 Å². The van der Waals surface area contributed by atoms with Crippen LogP contribution >= 0.6 is 0 Å². The number of carbonyl (C=O) groups excluding carboxylic acids is 2. The van der Waals surface area contributed by atoms with Crippen molar-refractivity contribution in [3.8, 4) is 0 Å². The molecule has 0 radical (unpaired) electrons. The van der Waals surface area contributed by atoms with E-state index in [0.717, 1.165) is 5.56 Å². The first-order valence-electron chi connectivity index (χ1n) is 9.04. The van der Waals surface area contributed by atoms with E-state index < -0.39 is 18.5 Å². The summed E-state index contributed by atoms with van der Waals surface area (Å²) in [5, 5.41) is 14.4. The zero-order valence-corrected chi connectivity index (χ0v) is 16.1. The molecule has 0 aliphatic carbocycles. The number of carbonyl (C=O) groups is 2. The second-order valence-corrected chi connectivity index (χ2v) is 7.10. The summed E-state index contributed by atoms with van der Waals surface area (Å²) in [5.74, 6) is -0.647. The number of hydrogen-bond acceptors (Lipinski definition) is 4. The predicted octanol–water partition coefficient (Wildman–Crippen LogP) is 3.11. The summed E-state index contributed by atoms with van der Waals surface area (Å²) < 4.78 is 5.38. The smallest absolute Gasteiger partial charge is 0.405 e. The Hall–Kier alpha value is -2.89. The van der Waals surface area contributed by atoms with Crippen LogP contribution in [0.1, 0.15) is 61.3 Å².